The van der Waals surface area contributed by atoms with E-state index < -0.39 is 90.7 Å². The van der Waals surface area contributed by atoms with Crippen LogP contribution in [0.1, 0.15) is 91.2 Å². The second kappa shape index (κ2) is 32.5. The number of hydrogen-bond donors (Lipinski definition) is 10. The van der Waals surface area contributed by atoms with Crippen molar-refractivity contribution in [1.82, 2.24) is 30.2 Å². The van der Waals surface area contributed by atoms with Crippen molar-refractivity contribution in [3.05, 3.63) is 85.6 Å². The molecule has 0 spiro atoms. The maximum absolute atomic E-state index is 12.8. The third-order valence-corrected chi connectivity index (χ3v) is 14.4. The highest BCUT2D eigenvalue weighted by atomic mass is 32.2. The van der Waals surface area contributed by atoms with Gasteiger partial charge in [-0.25, -0.2) is 28.6 Å². The Morgan fingerprint density at radius 2 is 1.43 bits per heavy atom. The highest BCUT2D eigenvalue weighted by Crippen LogP contribution is 2.61. The number of phosphoric acid groups is 3. The molecule has 1 fully saturated rings. The van der Waals surface area contributed by atoms with Gasteiger partial charge in [0.25, 0.3) is 0 Å². The molecule has 0 radical (unpaired) electrons. The first-order valence-electron chi connectivity index (χ1n) is 23.6. The average Bonchev–Trinajstić information content (AvgIpc) is 3.89. The van der Waals surface area contributed by atoms with E-state index in [1.807, 2.05) is 12.2 Å². The lowest BCUT2D eigenvalue weighted by atomic mass is 9.87. The quantitative estimate of drug-likeness (QED) is 0.0249. The molecule has 25 nitrogen and oxygen atoms in total. The molecule has 8 atom stereocenters. The number of allylic oxidation sites excluding steroid dienone is 12. The van der Waals surface area contributed by atoms with Crippen molar-refractivity contribution in [2.24, 2.45) is 5.41 Å². The molecule has 2 amide bonds. The Hall–Kier alpha value is -4.04. The van der Waals surface area contributed by atoms with E-state index in [1.54, 1.807) is 0 Å². The minimum atomic E-state index is -5.60. The molecule has 3 rings (SSSR count). The van der Waals surface area contributed by atoms with Crippen molar-refractivity contribution in [1.29, 1.82) is 0 Å². The number of imidazole rings is 1. The molecule has 1 aliphatic heterocycles. The van der Waals surface area contributed by atoms with Crippen LogP contribution in [0.3, 0.4) is 0 Å². The van der Waals surface area contributed by atoms with Crippen LogP contribution in [0.15, 0.2) is 85.6 Å². The van der Waals surface area contributed by atoms with Crippen LogP contribution in [0.4, 0.5) is 5.82 Å². The van der Waals surface area contributed by atoms with E-state index in [9.17, 15) is 63.0 Å². The van der Waals surface area contributed by atoms with E-state index >= 15 is 0 Å². The molecule has 0 bridgehead atoms. The number of nitrogens with two attached hydrogens (primary N) is 1. The first-order chi connectivity index (χ1) is 34.9. The minimum Gasteiger partial charge on any atom is -0.393 e. The zero-order valence-electron chi connectivity index (χ0n) is 41.4. The van der Waals surface area contributed by atoms with Crippen LogP contribution in [-0.2, 0) is 50.7 Å². The van der Waals surface area contributed by atoms with Gasteiger partial charge in [0.15, 0.2) is 22.8 Å². The van der Waals surface area contributed by atoms with Gasteiger partial charge in [0.2, 0.25) is 11.8 Å². The van der Waals surface area contributed by atoms with Crippen molar-refractivity contribution >= 4 is 69.1 Å². The van der Waals surface area contributed by atoms with Gasteiger partial charge in [0.1, 0.15) is 36.3 Å². The SMILES string of the molecule is CCC=CCC=CCC=CCC=CCC=CCC=CCCC(O)CC(=O)SCCNC(=O)CCNC(=O)C(O)C(C)(C)COP(=O)(O)OP(=O)(O)OCC1OC(n2cnc3c(N)ncnc32)C(O)C1OP(=O)(O)O. The molecule has 0 aromatic carbocycles. The van der Waals surface area contributed by atoms with E-state index in [1.165, 1.54) is 13.8 Å². The smallest absolute Gasteiger partial charge is 0.393 e. The number of aliphatic hydroxyl groups is 3. The number of nitrogen functional groups attached to an aromatic ring is 1. The summed E-state index contributed by atoms with van der Waals surface area (Å²) in [4.78, 5) is 88.5. The number of carbonyl (C=O) groups excluding carboxylic acids is 3. The molecule has 1 saturated heterocycles. The molecule has 0 aliphatic carbocycles. The van der Waals surface area contributed by atoms with Crippen LogP contribution in [0.25, 0.3) is 11.2 Å². The van der Waals surface area contributed by atoms with E-state index in [4.69, 9.17) is 19.5 Å². The molecule has 2 aromatic heterocycles. The lowest BCUT2D eigenvalue weighted by molar-refractivity contribution is -0.137. The fraction of sp³-hybridized carbons (Fsp3) is 0.556. The summed E-state index contributed by atoms with van der Waals surface area (Å²) in [5.41, 5.74) is 4.24. The Bertz CT molecular complexity index is 2430. The van der Waals surface area contributed by atoms with E-state index in [0.717, 1.165) is 67.5 Å². The summed E-state index contributed by atoms with van der Waals surface area (Å²) in [5.74, 6) is -1.28. The third-order valence-electron chi connectivity index (χ3n) is 10.4. The zero-order chi connectivity index (χ0) is 54.8. The molecule has 8 unspecified atom stereocenters. The first-order valence-corrected chi connectivity index (χ1v) is 29.1. The zero-order valence-corrected chi connectivity index (χ0v) is 44.9. The lowest BCUT2D eigenvalue weighted by Gasteiger charge is -2.30. The highest BCUT2D eigenvalue weighted by Gasteiger charge is 2.50. The highest BCUT2D eigenvalue weighted by molar-refractivity contribution is 8.13. The summed E-state index contributed by atoms with van der Waals surface area (Å²) in [7, 11) is -16.5. The molecule has 1 aliphatic rings. The Morgan fingerprint density at radius 3 is 2.03 bits per heavy atom. The molecule has 0 saturated carbocycles. The van der Waals surface area contributed by atoms with E-state index in [-0.39, 0.29) is 53.8 Å². The van der Waals surface area contributed by atoms with Gasteiger partial charge in [-0.2, -0.15) is 4.31 Å². The summed E-state index contributed by atoms with van der Waals surface area (Å²) in [6.45, 7) is 2.45. The number of anilines is 1. The number of fused-ring (bicyclic) bond motifs is 1. The summed E-state index contributed by atoms with van der Waals surface area (Å²) in [5, 5.41) is 36.6. The monoisotopic (exact) mass is 1120 g/mol. The van der Waals surface area contributed by atoms with Gasteiger partial charge in [-0.15, -0.1) is 0 Å². The fourth-order valence-corrected chi connectivity index (χ4v) is 10.1. The number of nitrogens with zero attached hydrogens (tertiary/aromatic N) is 4. The number of ether oxygens (including phenoxy) is 1. The summed E-state index contributed by atoms with van der Waals surface area (Å²) in [6.07, 6.45) is 24.0. The van der Waals surface area contributed by atoms with Crippen molar-refractivity contribution < 1.29 is 85.6 Å². The van der Waals surface area contributed by atoms with Crippen molar-refractivity contribution in [3.63, 3.8) is 0 Å². The maximum Gasteiger partial charge on any atom is 0.481 e. The normalized spacial score (nSPS) is 20.4. The Morgan fingerprint density at radius 1 is 0.851 bits per heavy atom. The first kappa shape index (κ1) is 64.2. The van der Waals surface area contributed by atoms with Gasteiger partial charge in [-0.1, -0.05) is 105 Å². The van der Waals surface area contributed by atoms with Crippen LogP contribution in [0.5, 0.6) is 0 Å². The van der Waals surface area contributed by atoms with Crippen molar-refractivity contribution in [3.8, 4) is 0 Å². The maximum atomic E-state index is 12.8. The molecule has 29 heteroatoms. The number of aromatic nitrogens is 4. The van der Waals surface area contributed by atoms with Gasteiger partial charge >= 0.3 is 23.5 Å². The molecule has 74 heavy (non-hydrogen) atoms. The van der Waals surface area contributed by atoms with Crippen LogP contribution in [0.2, 0.25) is 0 Å². The lowest BCUT2D eigenvalue weighted by Crippen LogP contribution is -2.46. The summed E-state index contributed by atoms with van der Waals surface area (Å²) < 4.78 is 62.5. The second-order valence-corrected chi connectivity index (χ2v) is 22.5. The Labute approximate surface area is 433 Å². The average molecular weight is 1120 g/mol. The number of carbonyl (C=O) groups is 3. The van der Waals surface area contributed by atoms with Gasteiger partial charge in [0, 0.05) is 37.1 Å². The molecule has 2 aromatic rings. The summed E-state index contributed by atoms with van der Waals surface area (Å²) in [6, 6.07) is 0. The molecular formula is C45H70N7O18P3S. The number of amides is 2. The summed E-state index contributed by atoms with van der Waals surface area (Å²) >= 11 is 0.964. The number of aliphatic hydroxyl groups excluding tert-OH is 3. The van der Waals surface area contributed by atoms with Crippen LogP contribution in [0, 0.1) is 5.41 Å². The standard InChI is InChI=1S/C45H70N7O18P3S/c1-4-5-6-7-8-9-10-11-12-13-14-15-16-17-18-19-20-21-22-23-33(53)28-36(55)74-27-26-47-35(54)24-25-48-43(58)40(57)45(2,3)30-67-73(64,65)70-72(62,63)66-29-34-39(69-71(59,60)61)38(56)44(68-34)52-32-51-37-41(46)49-31-50-42(37)52/h5-6,8-9,11-12,14-15,17-18,20-21,31-34,38-40,44,53,56-57H,4,7,10,13,16,19,22-30H2,1-3H3,(H,47,54)(H,48,58)(H,62,63)(H,64,65)(H2,46,49,50)(H2,59,60,61). The van der Waals surface area contributed by atoms with Gasteiger partial charge < -0.3 is 56.0 Å². The van der Waals surface area contributed by atoms with Crippen LogP contribution >= 0.6 is 35.2 Å². The fourth-order valence-electron chi connectivity index (χ4n) is 6.58. The molecular weight excluding hydrogens is 1050 g/mol. The topological polar surface area (TPSA) is 384 Å². The van der Waals surface area contributed by atoms with E-state index in [2.05, 4.69) is 102 Å². The Kier molecular flexibility index (Phi) is 28.2. The van der Waals surface area contributed by atoms with Crippen molar-refractivity contribution in [2.75, 3.05) is 37.8 Å². The minimum absolute atomic E-state index is 0.0242. The molecule has 11 N–H and O–H groups in total. The molecule has 3 heterocycles. The number of thioether (sulfide) groups is 1. The van der Waals surface area contributed by atoms with Gasteiger partial charge in [0.05, 0.1) is 25.6 Å². The van der Waals surface area contributed by atoms with Crippen LogP contribution < -0.4 is 16.4 Å². The predicted molar refractivity (Wildman–Crippen MR) is 275 cm³/mol. The van der Waals surface area contributed by atoms with Gasteiger partial charge in [-0.05, 0) is 51.4 Å². The second-order valence-electron chi connectivity index (χ2n) is 17.1. The largest absolute Gasteiger partial charge is 0.481 e. The predicted octanol–water partition coefficient (Wildman–Crippen LogP) is 4.89. The van der Waals surface area contributed by atoms with Crippen LogP contribution in [-0.4, -0.2) is 134 Å². The van der Waals surface area contributed by atoms with Crippen molar-refractivity contribution in [2.45, 2.75) is 122 Å². The number of phosphoric ester groups is 3. The third kappa shape index (κ3) is 24.7. The van der Waals surface area contributed by atoms with Gasteiger partial charge in [-0.3, -0.25) is 32.5 Å². The number of nitrogens with one attached hydrogen (secondary N) is 2. The number of hydrogen-bond acceptors (Lipinski definition) is 19. The van der Waals surface area contributed by atoms with E-state index in [0.29, 0.717) is 12.8 Å². The Balaban J connectivity index is 1.28. The number of rotatable bonds is 35. The molecule has 414 valence electrons.